The van der Waals surface area contributed by atoms with Crippen LogP contribution in [0.15, 0.2) is 41.8 Å². The summed E-state index contributed by atoms with van der Waals surface area (Å²) in [5, 5.41) is 3.10. The molecule has 0 amide bonds. The van der Waals surface area contributed by atoms with Gasteiger partial charge in [0.05, 0.1) is 13.5 Å². The van der Waals surface area contributed by atoms with E-state index in [1.54, 1.807) is 41.1 Å². The van der Waals surface area contributed by atoms with Crippen LogP contribution in [0.4, 0.5) is 5.69 Å². The van der Waals surface area contributed by atoms with Gasteiger partial charge in [0.2, 0.25) is 0 Å². The summed E-state index contributed by atoms with van der Waals surface area (Å²) in [7, 11) is 1.32. The Morgan fingerprint density at radius 2 is 2.08 bits per heavy atom. The molecule has 0 aliphatic carbocycles. The molecule has 0 N–H and O–H groups in total. The Balaban J connectivity index is 1.99. The average molecular weight is 345 g/mol. The first kappa shape index (κ1) is 16.1. The van der Waals surface area contributed by atoms with Gasteiger partial charge in [-0.3, -0.25) is 9.20 Å². The highest BCUT2D eigenvalue weighted by molar-refractivity contribution is 6.30. The van der Waals surface area contributed by atoms with E-state index < -0.39 is 5.97 Å². The molecule has 3 aromatic rings. The number of carbonyl (C=O) groups is 1. The van der Waals surface area contributed by atoms with E-state index >= 15 is 0 Å². The van der Waals surface area contributed by atoms with Crippen molar-refractivity contribution in [2.45, 2.75) is 12.8 Å². The number of esters is 1. The zero-order valence-corrected chi connectivity index (χ0v) is 13.5. The van der Waals surface area contributed by atoms with Crippen molar-refractivity contribution in [1.82, 2.24) is 14.4 Å². The summed E-state index contributed by atoms with van der Waals surface area (Å²) in [6, 6.07) is 6.89. The highest BCUT2D eigenvalue weighted by Gasteiger charge is 2.17. The van der Waals surface area contributed by atoms with E-state index in [1.165, 1.54) is 7.11 Å². The molecule has 0 spiro atoms. The van der Waals surface area contributed by atoms with Gasteiger partial charge < -0.3 is 4.74 Å². The Hall–Kier alpha value is -2.80. The van der Waals surface area contributed by atoms with Crippen LogP contribution in [-0.2, 0) is 22.4 Å². The number of nitroso groups, excluding NO2 is 1. The third-order valence-corrected chi connectivity index (χ3v) is 3.93. The average Bonchev–Trinajstić information content (AvgIpc) is 3.08. The molecule has 0 saturated heterocycles. The maximum absolute atomic E-state index is 11.6. The van der Waals surface area contributed by atoms with Crippen molar-refractivity contribution >= 4 is 28.9 Å². The Morgan fingerprint density at radius 1 is 1.33 bits per heavy atom. The van der Waals surface area contributed by atoms with Gasteiger partial charge in [0, 0.05) is 24.4 Å². The summed E-state index contributed by atoms with van der Waals surface area (Å²) >= 11 is 6.25. The van der Waals surface area contributed by atoms with Gasteiger partial charge in [-0.25, -0.2) is 9.97 Å². The lowest BCUT2D eigenvalue weighted by Crippen LogP contribution is -2.10. The van der Waals surface area contributed by atoms with Crippen LogP contribution in [0.5, 0.6) is 0 Å². The van der Waals surface area contributed by atoms with Gasteiger partial charge in [-0.2, -0.15) is 0 Å². The molecule has 2 aromatic heterocycles. The SMILES string of the molecule is COC(=O)Cc1c(Cl)nc(Cc2ccc(N=O)cc2)n2ccnc12. The summed E-state index contributed by atoms with van der Waals surface area (Å²) in [6.07, 6.45) is 3.88. The summed E-state index contributed by atoms with van der Waals surface area (Å²) in [5.74, 6) is 0.265. The van der Waals surface area contributed by atoms with Gasteiger partial charge in [0.15, 0.2) is 0 Å². The molecule has 24 heavy (non-hydrogen) atoms. The lowest BCUT2D eigenvalue weighted by atomic mass is 10.1. The first-order valence-corrected chi connectivity index (χ1v) is 7.49. The number of nitrogens with zero attached hydrogens (tertiary/aromatic N) is 4. The number of carbonyl (C=O) groups excluding carboxylic acids is 1. The number of hydrogen-bond donors (Lipinski definition) is 0. The smallest absolute Gasteiger partial charge is 0.310 e. The van der Waals surface area contributed by atoms with Gasteiger partial charge in [-0.05, 0) is 22.9 Å². The molecule has 8 heteroatoms. The molecular formula is C16H13ClN4O3. The standard InChI is InChI=1S/C16H13ClN4O3/c1-24-14(22)9-12-15(17)19-13(21-7-6-18-16(12)21)8-10-2-4-11(20-23)5-3-10/h2-7H,8-9H2,1H3. The second kappa shape index (κ2) is 6.76. The highest BCUT2D eigenvalue weighted by Crippen LogP contribution is 2.22. The predicted octanol–water partition coefficient (Wildman–Crippen LogP) is 3.09. The summed E-state index contributed by atoms with van der Waals surface area (Å²) < 4.78 is 6.47. The molecule has 0 bridgehead atoms. The van der Waals surface area contributed by atoms with Gasteiger partial charge in [-0.1, -0.05) is 23.7 Å². The number of imidazole rings is 1. The molecule has 3 rings (SSSR count). The van der Waals surface area contributed by atoms with E-state index in [1.807, 2.05) is 0 Å². The fourth-order valence-electron chi connectivity index (χ4n) is 2.41. The van der Waals surface area contributed by atoms with Crippen LogP contribution in [0, 0.1) is 4.91 Å². The number of fused-ring (bicyclic) bond motifs is 1. The molecule has 0 aliphatic rings. The monoisotopic (exact) mass is 344 g/mol. The van der Waals surface area contributed by atoms with Crippen LogP contribution in [0.3, 0.4) is 0 Å². The number of aromatic nitrogens is 3. The molecule has 0 fully saturated rings. The molecule has 2 heterocycles. The molecule has 7 nitrogen and oxygen atoms in total. The van der Waals surface area contributed by atoms with Crippen molar-refractivity contribution in [3.8, 4) is 0 Å². The molecule has 0 atom stereocenters. The fourth-order valence-corrected chi connectivity index (χ4v) is 2.66. The van der Waals surface area contributed by atoms with Crippen LogP contribution in [0.2, 0.25) is 5.15 Å². The lowest BCUT2D eigenvalue weighted by molar-refractivity contribution is -0.139. The zero-order chi connectivity index (χ0) is 17.1. The van der Waals surface area contributed by atoms with Crippen LogP contribution in [-0.4, -0.2) is 27.4 Å². The summed E-state index contributed by atoms with van der Waals surface area (Å²) in [6.45, 7) is 0. The first-order chi connectivity index (χ1) is 11.6. The van der Waals surface area contributed by atoms with Gasteiger partial charge >= 0.3 is 5.97 Å². The number of methoxy groups -OCH3 is 1. The normalized spacial score (nSPS) is 10.8. The molecule has 122 valence electrons. The van der Waals surface area contributed by atoms with E-state index in [4.69, 9.17) is 11.6 Å². The third-order valence-electron chi connectivity index (χ3n) is 3.62. The highest BCUT2D eigenvalue weighted by atomic mass is 35.5. The van der Waals surface area contributed by atoms with Gasteiger partial charge in [0.1, 0.15) is 22.3 Å². The van der Waals surface area contributed by atoms with E-state index in [0.29, 0.717) is 29.1 Å². The second-order valence-corrected chi connectivity index (χ2v) is 5.46. The Morgan fingerprint density at radius 3 is 2.75 bits per heavy atom. The second-order valence-electron chi connectivity index (χ2n) is 5.11. The molecule has 0 aliphatic heterocycles. The number of benzene rings is 1. The van der Waals surface area contributed by atoms with E-state index in [0.717, 1.165) is 5.56 Å². The van der Waals surface area contributed by atoms with Crippen molar-refractivity contribution in [2.24, 2.45) is 5.18 Å². The number of halogens is 1. The minimum absolute atomic E-state index is 0.00281. The third kappa shape index (κ3) is 3.11. The van der Waals surface area contributed by atoms with Crippen LogP contribution in [0.25, 0.3) is 5.65 Å². The summed E-state index contributed by atoms with van der Waals surface area (Å²) in [5.41, 5.74) is 2.41. The van der Waals surface area contributed by atoms with Crippen LogP contribution < -0.4 is 0 Å². The van der Waals surface area contributed by atoms with Crippen molar-refractivity contribution in [3.05, 3.63) is 63.7 Å². The quantitative estimate of drug-likeness (QED) is 0.403. The van der Waals surface area contributed by atoms with Gasteiger partial charge in [0.25, 0.3) is 0 Å². The number of hydrogen-bond acceptors (Lipinski definition) is 6. The minimum atomic E-state index is -0.409. The van der Waals surface area contributed by atoms with Crippen molar-refractivity contribution in [3.63, 3.8) is 0 Å². The van der Waals surface area contributed by atoms with E-state index in [-0.39, 0.29) is 11.6 Å². The number of rotatable bonds is 5. The van der Waals surface area contributed by atoms with Crippen LogP contribution >= 0.6 is 11.6 Å². The number of ether oxygens (including phenoxy) is 1. The van der Waals surface area contributed by atoms with Crippen molar-refractivity contribution < 1.29 is 9.53 Å². The maximum Gasteiger partial charge on any atom is 0.310 e. The lowest BCUT2D eigenvalue weighted by Gasteiger charge is -2.10. The topological polar surface area (TPSA) is 85.9 Å². The Labute approximate surface area is 142 Å². The van der Waals surface area contributed by atoms with E-state index in [2.05, 4.69) is 19.9 Å². The Kier molecular flexibility index (Phi) is 4.52. The maximum atomic E-state index is 11.6. The van der Waals surface area contributed by atoms with E-state index in [9.17, 15) is 9.70 Å². The molecule has 0 saturated carbocycles. The van der Waals surface area contributed by atoms with Crippen molar-refractivity contribution in [2.75, 3.05) is 7.11 Å². The first-order valence-electron chi connectivity index (χ1n) is 7.12. The van der Waals surface area contributed by atoms with Crippen LogP contribution in [0.1, 0.15) is 17.0 Å². The fraction of sp³-hybridized carbons (Fsp3) is 0.188. The Bertz CT molecular complexity index is 906. The predicted molar refractivity (Wildman–Crippen MR) is 88.4 cm³/mol. The molecule has 0 radical (unpaired) electrons. The molecule has 1 aromatic carbocycles. The zero-order valence-electron chi connectivity index (χ0n) is 12.8. The molecular weight excluding hydrogens is 332 g/mol. The van der Waals surface area contributed by atoms with Crippen molar-refractivity contribution in [1.29, 1.82) is 0 Å². The minimum Gasteiger partial charge on any atom is -0.469 e. The summed E-state index contributed by atoms with van der Waals surface area (Å²) in [4.78, 5) is 30.7. The molecule has 0 unspecified atom stereocenters. The largest absolute Gasteiger partial charge is 0.469 e. The van der Waals surface area contributed by atoms with Gasteiger partial charge in [-0.15, -0.1) is 4.91 Å².